The summed E-state index contributed by atoms with van der Waals surface area (Å²) >= 11 is 1.19. The first kappa shape index (κ1) is 37.4. The number of amides is 1. The number of benzene rings is 2. The number of carbonyl (C=O) groups is 1. The van der Waals surface area contributed by atoms with Crippen molar-refractivity contribution in [3.05, 3.63) is 92.3 Å². The second kappa shape index (κ2) is 15.2. The number of thioether (sulfide) groups is 1. The van der Waals surface area contributed by atoms with Crippen molar-refractivity contribution >= 4 is 41.3 Å². The van der Waals surface area contributed by atoms with Gasteiger partial charge in [0.2, 0.25) is 0 Å². The van der Waals surface area contributed by atoms with Gasteiger partial charge < -0.3 is 43.5 Å². The molecule has 266 valence electrons. The zero-order valence-corrected chi connectivity index (χ0v) is 28.9. The molecular weight excluding hydrogens is 731 g/mol. The summed E-state index contributed by atoms with van der Waals surface area (Å²) in [4.78, 5) is 83.9. The number of alkyl carbamates (subject to hydrolysis) is 1. The summed E-state index contributed by atoms with van der Waals surface area (Å²) in [5.41, 5.74) is 2.97. The minimum atomic E-state index is -6.18. The molecule has 1 aliphatic heterocycles. The van der Waals surface area contributed by atoms with E-state index in [1.165, 1.54) is 24.9 Å². The molecule has 49 heavy (non-hydrogen) atoms. The lowest BCUT2D eigenvalue weighted by Gasteiger charge is -2.37. The molecule has 1 saturated heterocycles. The van der Waals surface area contributed by atoms with Crippen LogP contribution in [-0.2, 0) is 36.3 Å². The summed E-state index contributed by atoms with van der Waals surface area (Å²) in [7, 11) is -18.2. The Balaban J connectivity index is 1.18. The Labute approximate surface area is 282 Å². The predicted molar refractivity (Wildman–Crippen MR) is 165 cm³/mol. The molecule has 0 bridgehead atoms. The third-order valence-electron chi connectivity index (χ3n) is 7.48. The van der Waals surface area contributed by atoms with Crippen LogP contribution in [0.25, 0.3) is 11.1 Å². The molecule has 2 N–H and O–H groups in total. The van der Waals surface area contributed by atoms with Crippen LogP contribution < -0.4 is 36.1 Å². The van der Waals surface area contributed by atoms with Crippen molar-refractivity contribution in [2.75, 3.05) is 25.5 Å². The van der Waals surface area contributed by atoms with Crippen LogP contribution in [0.4, 0.5) is 4.79 Å². The Morgan fingerprint density at radius 1 is 0.980 bits per heavy atom. The summed E-state index contributed by atoms with van der Waals surface area (Å²) in [5.74, 6) is 0.0901. The number of rotatable bonds is 14. The Kier molecular flexibility index (Phi) is 11.6. The maximum absolute atomic E-state index is 12.6. The second-order valence-electron chi connectivity index (χ2n) is 10.8. The molecule has 1 aliphatic carbocycles. The lowest BCUT2D eigenvalue weighted by atomic mass is 9.98. The number of phosphoric ester groups is 1. The average Bonchev–Trinajstić information content (AvgIpc) is 3.56. The van der Waals surface area contributed by atoms with Gasteiger partial charge in [-0.3, -0.25) is 27.8 Å². The monoisotopic (exact) mass is 759 g/mol. The van der Waals surface area contributed by atoms with Crippen LogP contribution in [0.3, 0.4) is 0 Å². The van der Waals surface area contributed by atoms with Crippen molar-refractivity contribution in [3.63, 3.8) is 0 Å². The van der Waals surface area contributed by atoms with Gasteiger partial charge in [0, 0.05) is 41.6 Å². The third kappa shape index (κ3) is 9.67. The van der Waals surface area contributed by atoms with Crippen molar-refractivity contribution < 1.29 is 60.7 Å². The molecule has 1 aromatic heterocycles. The number of ether oxygens (including phenoxy) is 2. The quantitative estimate of drug-likeness (QED) is 0.168. The van der Waals surface area contributed by atoms with E-state index in [4.69, 9.17) is 9.47 Å². The van der Waals surface area contributed by atoms with Crippen molar-refractivity contribution in [2.45, 2.75) is 36.8 Å². The number of hydrogen-bond donors (Lipinski definition) is 2. The molecule has 5 atom stereocenters. The highest BCUT2D eigenvalue weighted by Crippen LogP contribution is 2.60. The standard InChI is InChI=1S/C27H32N3O15P3S/c1-16-13-30(26(32)29-25(16)31)24-12-23(22(43-24)15-42-47(37,38)45-48(39,40)44-46(34,35)36)49-11-10-28-27(33)41-14-21-19-8-4-2-6-17(19)18-7-3-5-9-20(18)21/h2-9,13,21-24H,10-12,14-15H2,1H3,(H,28,33)(H,37,38)(H,39,40)(H,29,31,32)(H2,34,35,36)/p-4/t22-,23+,24-/m1/s1. The molecule has 5 rings (SSSR count). The second-order valence-corrected chi connectivity index (χ2v) is 16.4. The molecule has 2 aromatic carbocycles. The molecule has 3 aromatic rings. The van der Waals surface area contributed by atoms with E-state index in [9.17, 15) is 47.7 Å². The normalized spacial score (nSPS) is 21.4. The highest BCUT2D eigenvalue weighted by molar-refractivity contribution is 8.00. The molecule has 0 radical (unpaired) electrons. The van der Waals surface area contributed by atoms with Crippen LogP contribution >= 0.6 is 35.2 Å². The van der Waals surface area contributed by atoms with Gasteiger partial charge in [-0.05, 0) is 29.2 Å². The van der Waals surface area contributed by atoms with Crippen LogP contribution in [0.15, 0.2) is 64.3 Å². The smallest absolute Gasteiger partial charge is 0.407 e. The van der Waals surface area contributed by atoms with Gasteiger partial charge in [0.15, 0.2) is 0 Å². The van der Waals surface area contributed by atoms with Crippen molar-refractivity contribution in [1.29, 1.82) is 0 Å². The summed E-state index contributed by atoms with van der Waals surface area (Å²) < 4.78 is 58.0. The first-order valence-electron chi connectivity index (χ1n) is 14.4. The van der Waals surface area contributed by atoms with Gasteiger partial charge in [-0.15, -0.1) is 0 Å². The first-order chi connectivity index (χ1) is 23.0. The molecule has 22 heteroatoms. The van der Waals surface area contributed by atoms with Crippen LogP contribution in [0.5, 0.6) is 0 Å². The van der Waals surface area contributed by atoms with Gasteiger partial charge in [0.05, 0.1) is 20.5 Å². The molecule has 0 saturated carbocycles. The SMILES string of the molecule is Cc1cn([C@H]2C[C@H](SCCNC(=O)OCC3c4ccccc4-c4ccccc43)[C@@H](COP(=O)([O-])OP(=O)([O-])OP(=O)([O-])[O-])O2)c(=O)[nH]c1=O. The van der Waals surface area contributed by atoms with Gasteiger partial charge in [0.25, 0.3) is 21.2 Å². The number of nitrogens with zero attached hydrogens (tertiary/aromatic N) is 1. The molecule has 2 heterocycles. The number of nitrogens with one attached hydrogen (secondary N) is 2. The van der Waals surface area contributed by atoms with E-state index in [0.717, 1.165) is 26.8 Å². The lowest BCUT2D eigenvalue weighted by molar-refractivity contribution is -0.339. The Morgan fingerprint density at radius 2 is 1.61 bits per heavy atom. The van der Waals surface area contributed by atoms with Crippen molar-refractivity contribution in [1.82, 2.24) is 14.9 Å². The number of phosphoric acid groups is 3. The first-order valence-corrected chi connectivity index (χ1v) is 19.8. The van der Waals surface area contributed by atoms with Crippen molar-refractivity contribution in [3.8, 4) is 11.1 Å². The maximum atomic E-state index is 12.6. The summed E-state index contributed by atoms with van der Waals surface area (Å²) in [6, 6.07) is 15.7. The van der Waals surface area contributed by atoms with Crippen LogP contribution in [0.1, 0.15) is 35.3 Å². The number of aryl methyl sites for hydroxylation is 1. The van der Waals surface area contributed by atoms with E-state index in [-0.39, 0.29) is 36.8 Å². The maximum Gasteiger partial charge on any atom is 0.407 e. The predicted octanol–water partition coefficient (Wildman–Crippen LogP) is 0.588. The number of fused-ring (bicyclic) bond motifs is 3. The fraction of sp³-hybridized carbons (Fsp3) is 0.370. The van der Waals surface area contributed by atoms with E-state index in [1.807, 2.05) is 48.5 Å². The van der Waals surface area contributed by atoms with E-state index < -0.39 is 65.0 Å². The molecule has 18 nitrogen and oxygen atoms in total. The highest BCUT2D eigenvalue weighted by atomic mass is 32.2. The molecular formula is C27H28N3O15P3S-4. The zero-order valence-electron chi connectivity index (χ0n) is 25.4. The summed E-state index contributed by atoms with van der Waals surface area (Å²) in [6.07, 6.45) is -1.54. The fourth-order valence-electron chi connectivity index (χ4n) is 5.46. The number of aromatic nitrogens is 2. The summed E-state index contributed by atoms with van der Waals surface area (Å²) in [5, 5.41) is 2.01. The van der Waals surface area contributed by atoms with Gasteiger partial charge in [-0.25, -0.2) is 13.9 Å². The lowest BCUT2D eigenvalue weighted by Crippen LogP contribution is -2.33. The zero-order chi connectivity index (χ0) is 35.6. The van der Waals surface area contributed by atoms with E-state index in [0.29, 0.717) is 0 Å². The Morgan fingerprint density at radius 3 is 2.24 bits per heavy atom. The number of aromatic amines is 1. The van der Waals surface area contributed by atoms with E-state index in [2.05, 4.69) is 23.4 Å². The van der Waals surface area contributed by atoms with Crippen LogP contribution in [0.2, 0.25) is 0 Å². The molecule has 2 aliphatic rings. The minimum absolute atomic E-state index is 0.0672. The third-order valence-corrected chi connectivity index (χ3v) is 12.5. The van der Waals surface area contributed by atoms with E-state index >= 15 is 0 Å². The highest BCUT2D eigenvalue weighted by Gasteiger charge is 2.38. The van der Waals surface area contributed by atoms with Crippen LogP contribution in [0, 0.1) is 6.92 Å². The minimum Gasteiger partial charge on any atom is -0.790 e. The van der Waals surface area contributed by atoms with Crippen molar-refractivity contribution in [2.24, 2.45) is 0 Å². The number of hydrogen-bond acceptors (Lipinski definition) is 16. The topological polar surface area (TPSA) is 274 Å². The average molecular weight is 760 g/mol. The van der Waals surface area contributed by atoms with Gasteiger partial charge in [0.1, 0.15) is 12.8 Å². The number of carbonyl (C=O) groups excluding carboxylic acids is 1. The Hall–Kier alpha value is -2.89. The molecule has 2 unspecified atom stereocenters. The largest absolute Gasteiger partial charge is 0.790 e. The fourth-order valence-corrected chi connectivity index (χ4v) is 9.50. The molecule has 1 fully saturated rings. The number of H-pyrrole nitrogens is 1. The van der Waals surface area contributed by atoms with Gasteiger partial charge in [-0.1, -0.05) is 48.5 Å². The Bertz CT molecular complexity index is 1920. The summed E-state index contributed by atoms with van der Waals surface area (Å²) in [6.45, 7) is 0.761. The molecule has 1 amide bonds. The van der Waals surface area contributed by atoms with Gasteiger partial charge >= 0.3 is 11.8 Å². The van der Waals surface area contributed by atoms with Gasteiger partial charge in [-0.2, -0.15) is 11.8 Å². The van der Waals surface area contributed by atoms with Crippen LogP contribution in [-0.4, -0.2) is 52.5 Å². The van der Waals surface area contributed by atoms with E-state index in [1.54, 1.807) is 0 Å². The molecule has 0 spiro atoms.